The van der Waals surface area contributed by atoms with E-state index in [4.69, 9.17) is 10.5 Å². The van der Waals surface area contributed by atoms with Crippen molar-refractivity contribution in [1.29, 1.82) is 0 Å². The molecule has 5 rings (SSSR count). The van der Waals surface area contributed by atoms with Gasteiger partial charge in [-0.3, -0.25) is 10.1 Å². The van der Waals surface area contributed by atoms with Crippen LogP contribution in [0.5, 0.6) is 0 Å². The quantitative estimate of drug-likeness (QED) is 0.134. The van der Waals surface area contributed by atoms with Gasteiger partial charge in [-0.2, -0.15) is 0 Å². The summed E-state index contributed by atoms with van der Waals surface area (Å²) >= 11 is 0. The van der Waals surface area contributed by atoms with E-state index in [0.717, 1.165) is 64.8 Å². The third kappa shape index (κ3) is 8.18. The monoisotopic (exact) mass is 682 g/mol. The third-order valence-electron chi connectivity index (χ3n) is 12.0. The second kappa shape index (κ2) is 17.0. The number of rotatable bonds is 7. The van der Waals surface area contributed by atoms with E-state index in [1.807, 2.05) is 50.3 Å². The number of aliphatic hydroxyl groups excluding tert-OH is 2. The summed E-state index contributed by atoms with van der Waals surface area (Å²) < 4.78 is 6.07. The van der Waals surface area contributed by atoms with E-state index in [1.54, 1.807) is 0 Å². The maximum absolute atomic E-state index is 14.1. The van der Waals surface area contributed by atoms with Gasteiger partial charge in [0.15, 0.2) is 5.78 Å². The fourth-order valence-corrected chi connectivity index (χ4v) is 9.15. The molecule has 0 bridgehead atoms. The van der Waals surface area contributed by atoms with Crippen LogP contribution in [0, 0.1) is 29.1 Å². The summed E-state index contributed by atoms with van der Waals surface area (Å²) in [6.45, 7) is 11.5. The summed E-state index contributed by atoms with van der Waals surface area (Å²) in [4.78, 5) is 14.1. The number of hydrogen-bond acceptors (Lipinski definition) is 7. The standard InChI is InChI=1S/C43H58N2O5/c1-29-11-5-6-26-50-28-33(16-8-14-30(2)13-7-12-29)36-20-23-43(40(36)48)38(18-10-25-46)34(19-22-42(43,4)49)31(3)39(47)27-32-15-9-17-37-35(32)21-24-45-41(37)44/h8-9,12,14-17,36,38,40-41,45-46,48-49H,2,7,10-11,13,18-28,44H2,1,3-4H3. The number of nitrogens with one attached hydrogen (secondary N) is 1. The van der Waals surface area contributed by atoms with Crippen molar-refractivity contribution in [2.24, 2.45) is 23.0 Å². The minimum atomic E-state index is -1.17. The summed E-state index contributed by atoms with van der Waals surface area (Å²) in [6.07, 6.45) is 14.2. The number of benzene rings is 1. The number of hydrogen-bond donors (Lipinski definition) is 5. The van der Waals surface area contributed by atoms with Gasteiger partial charge < -0.3 is 25.8 Å². The number of carbonyl (C=O) groups excluding carboxylic acids is 1. The van der Waals surface area contributed by atoms with Crippen LogP contribution in [0.15, 0.2) is 76.9 Å². The van der Waals surface area contributed by atoms with Crippen LogP contribution < -0.4 is 11.1 Å². The molecule has 2 heterocycles. The van der Waals surface area contributed by atoms with Gasteiger partial charge in [0.1, 0.15) is 6.61 Å². The van der Waals surface area contributed by atoms with Gasteiger partial charge in [0, 0.05) is 37.3 Å². The Bertz CT molecular complexity index is 1600. The van der Waals surface area contributed by atoms with Gasteiger partial charge in [-0.05, 0) is 112 Å². The molecule has 0 amide bonds. The average Bonchev–Trinajstić information content (AvgIpc) is 3.43. The Balaban J connectivity index is 1.46. The van der Waals surface area contributed by atoms with Crippen LogP contribution in [0.4, 0.5) is 0 Å². The second-order valence-corrected chi connectivity index (χ2v) is 15.1. The third-order valence-corrected chi connectivity index (χ3v) is 12.0. The topological polar surface area (TPSA) is 125 Å². The highest BCUT2D eigenvalue weighted by molar-refractivity contribution is 5.97. The van der Waals surface area contributed by atoms with Gasteiger partial charge in [-0.15, -0.1) is 0 Å². The molecule has 7 nitrogen and oxygen atoms in total. The van der Waals surface area contributed by atoms with Crippen LogP contribution >= 0.6 is 0 Å². The Morgan fingerprint density at radius 2 is 2.02 bits per heavy atom. The van der Waals surface area contributed by atoms with Crippen molar-refractivity contribution in [2.75, 3.05) is 26.4 Å². The SMILES string of the molecule is C=C1C=CC=C(C2CCC3(C(CCCO)C(=C(C)C(=O)Cc4cccc5c4CCNC5N)CCC3(C)O)C2O)COCC#CCC(C)=CCC1. The van der Waals surface area contributed by atoms with E-state index in [2.05, 4.69) is 36.7 Å². The molecule has 0 radical (unpaired) electrons. The fraction of sp³-hybridized carbons (Fsp3) is 0.558. The molecule has 0 saturated heterocycles. The summed E-state index contributed by atoms with van der Waals surface area (Å²) in [7, 11) is 0. The molecule has 0 aromatic heterocycles. The summed E-state index contributed by atoms with van der Waals surface area (Å²) in [5, 5.41) is 38.1. The highest BCUT2D eigenvalue weighted by Gasteiger charge is 2.64. The molecule has 2 fully saturated rings. The van der Waals surface area contributed by atoms with Crippen LogP contribution in [0.3, 0.4) is 0 Å². The smallest absolute Gasteiger partial charge is 0.162 e. The molecule has 6 unspecified atom stereocenters. The molecule has 6 atom stereocenters. The van der Waals surface area contributed by atoms with Crippen LogP contribution in [0.2, 0.25) is 0 Å². The second-order valence-electron chi connectivity index (χ2n) is 15.1. The number of ketones is 1. The van der Waals surface area contributed by atoms with E-state index in [-0.39, 0.29) is 36.8 Å². The zero-order chi connectivity index (χ0) is 35.9. The molecule has 4 aliphatic rings. The lowest BCUT2D eigenvalue weighted by molar-refractivity contribution is -0.167. The summed E-state index contributed by atoms with van der Waals surface area (Å²) in [5.74, 6) is 5.89. The Kier molecular flexibility index (Phi) is 12.9. The molecule has 1 spiro atoms. The zero-order valence-electron chi connectivity index (χ0n) is 30.4. The number of ether oxygens (including phenoxy) is 1. The molecule has 2 aliphatic heterocycles. The van der Waals surface area contributed by atoms with Crippen LogP contribution in [-0.4, -0.2) is 59.2 Å². The first-order valence-corrected chi connectivity index (χ1v) is 18.6. The predicted molar refractivity (Wildman–Crippen MR) is 200 cm³/mol. The summed E-state index contributed by atoms with van der Waals surface area (Å²) in [6, 6.07) is 6.04. The molecule has 2 saturated carbocycles. The van der Waals surface area contributed by atoms with Gasteiger partial charge >= 0.3 is 0 Å². The highest BCUT2D eigenvalue weighted by atomic mass is 16.5. The lowest BCUT2D eigenvalue weighted by Gasteiger charge is -2.55. The molecule has 7 heteroatoms. The number of fused-ring (bicyclic) bond motifs is 1. The number of aliphatic hydroxyl groups is 3. The van der Waals surface area contributed by atoms with Crippen molar-refractivity contribution in [2.45, 2.75) is 109 Å². The van der Waals surface area contributed by atoms with Crippen molar-refractivity contribution in [1.82, 2.24) is 5.32 Å². The largest absolute Gasteiger partial charge is 0.396 e. The molecule has 1 aromatic rings. The molecule has 50 heavy (non-hydrogen) atoms. The van der Waals surface area contributed by atoms with Crippen molar-refractivity contribution < 1.29 is 24.9 Å². The average molecular weight is 683 g/mol. The van der Waals surface area contributed by atoms with Gasteiger partial charge in [-0.25, -0.2) is 0 Å². The van der Waals surface area contributed by atoms with Crippen molar-refractivity contribution >= 4 is 5.78 Å². The minimum Gasteiger partial charge on any atom is -0.396 e. The normalized spacial score (nSPS) is 31.9. The van der Waals surface area contributed by atoms with Gasteiger partial charge in [0.25, 0.3) is 0 Å². The maximum atomic E-state index is 14.1. The number of carbonyl (C=O) groups is 1. The van der Waals surface area contributed by atoms with Crippen LogP contribution in [0.25, 0.3) is 0 Å². The van der Waals surface area contributed by atoms with Crippen LogP contribution in [0.1, 0.15) is 101 Å². The van der Waals surface area contributed by atoms with E-state index in [0.29, 0.717) is 58.2 Å². The highest BCUT2D eigenvalue weighted by Crippen LogP contribution is 2.63. The van der Waals surface area contributed by atoms with Crippen molar-refractivity contribution in [3.8, 4) is 11.8 Å². The zero-order valence-corrected chi connectivity index (χ0v) is 30.4. The molecular weight excluding hydrogens is 624 g/mol. The predicted octanol–water partition coefficient (Wildman–Crippen LogP) is 6.10. The van der Waals surface area contributed by atoms with E-state index < -0.39 is 17.1 Å². The van der Waals surface area contributed by atoms with Gasteiger partial charge in [0.05, 0.1) is 24.5 Å². The Labute approximate surface area is 299 Å². The van der Waals surface area contributed by atoms with Gasteiger partial charge in [0.2, 0.25) is 0 Å². The van der Waals surface area contributed by atoms with E-state index in [1.165, 1.54) is 5.57 Å². The lowest BCUT2D eigenvalue weighted by Crippen LogP contribution is -2.59. The number of nitrogens with two attached hydrogens (primary N) is 1. The first kappa shape index (κ1) is 38.1. The molecule has 2 aliphatic carbocycles. The van der Waals surface area contributed by atoms with Crippen LogP contribution in [-0.2, 0) is 22.4 Å². The fourth-order valence-electron chi connectivity index (χ4n) is 9.15. The minimum absolute atomic E-state index is 0.00270. The lowest BCUT2D eigenvalue weighted by atomic mass is 9.52. The molecular formula is C43H58N2O5. The van der Waals surface area contributed by atoms with Crippen molar-refractivity contribution in [3.63, 3.8) is 0 Å². The maximum Gasteiger partial charge on any atom is 0.162 e. The van der Waals surface area contributed by atoms with E-state index >= 15 is 0 Å². The Morgan fingerprint density at radius 3 is 2.82 bits per heavy atom. The first-order chi connectivity index (χ1) is 24.0. The summed E-state index contributed by atoms with van der Waals surface area (Å²) in [5.41, 5.74) is 12.5. The molecule has 270 valence electrons. The van der Waals surface area contributed by atoms with Crippen molar-refractivity contribution in [3.05, 3.63) is 93.6 Å². The van der Waals surface area contributed by atoms with E-state index in [9.17, 15) is 20.1 Å². The number of allylic oxidation sites excluding steroid dienone is 8. The Hall–Kier alpha value is -3.09. The van der Waals surface area contributed by atoms with Gasteiger partial charge in [-0.1, -0.05) is 77.6 Å². The number of Topliss-reactive ketones (excluding diaryl/α,β-unsaturated/α-hetero) is 1. The molecule has 6 N–H and O–H groups in total. The molecule has 1 aromatic carbocycles. The Morgan fingerprint density at radius 1 is 1.20 bits per heavy atom. The first-order valence-electron chi connectivity index (χ1n) is 18.6.